The van der Waals surface area contributed by atoms with Crippen LogP contribution in [0.5, 0.6) is 0 Å². The molecule has 2 aliphatic rings. The van der Waals surface area contributed by atoms with E-state index >= 15 is 0 Å². The van der Waals surface area contributed by atoms with Gasteiger partial charge < -0.3 is 14.7 Å². The molecule has 2 saturated heterocycles. The fourth-order valence-electron chi connectivity index (χ4n) is 3.03. The monoisotopic (exact) mass is 295 g/mol. The zero-order valence-corrected chi connectivity index (χ0v) is 11.8. The summed E-state index contributed by atoms with van der Waals surface area (Å²) >= 11 is 1.63. The maximum Gasteiger partial charge on any atom is 0.332 e. The first-order valence-electron chi connectivity index (χ1n) is 6.87. The Bertz CT molecular complexity index is 501. The van der Waals surface area contributed by atoms with Crippen molar-refractivity contribution in [1.82, 2.24) is 4.90 Å². The van der Waals surface area contributed by atoms with Gasteiger partial charge >= 0.3 is 5.97 Å². The SMILES string of the molecule is O=C(O)[C@H]1CC[C@@H](C(=O)N2CCCC2c2ccsc2)O1. The zero-order chi connectivity index (χ0) is 14.1. The van der Waals surface area contributed by atoms with Gasteiger partial charge in [-0.3, -0.25) is 4.79 Å². The molecular weight excluding hydrogens is 278 g/mol. The maximum absolute atomic E-state index is 12.5. The molecule has 5 nitrogen and oxygen atoms in total. The molecule has 3 rings (SSSR count). The van der Waals surface area contributed by atoms with Gasteiger partial charge in [-0.15, -0.1) is 0 Å². The largest absolute Gasteiger partial charge is 0.479 e. The second-order valence-electron chi connectivity index (χ2n) is 5.28. The number of thiophene rings is 1. The molecule has 3 atom stereocenters. The number of aliphatic carboxylic acids is 1. The van der Waals surface area contributed by atoms with Crippen LogP contribution in [0.3, 0.4) is 0 Å². The van der Waals surface area contributed by atoms with E-state index in [1.165, 1.54) is 5.56 Å². The molecule has 0 aliphatic carbocycles. The van der Waals surface area contributed by atoms with E-state index in [1.54, 1.807) is 11.3 Å². The molecule has 1 unspecified atom stereocenters. The number of hydrogen-bond acceptors (Lipinski definition) is 4. The predicted octanol–water partition coefficient (Wildman–Crippen LogP) is 2.04. The Kier molecular flexibility index (Phi) is 3.76. The molecule has 3 heterocycles. The lowest BCUT2D eigenvalue weighted by atomic mass is 10.1. The third kappa shape index (κ3) is 2.45. The van der Waals surface area contributed by atoms with Crippen LogP contribution < -0.4 is 0 Å². The van der Waals surface area contributed by atoms with Gasteiger partial charge in [-0.1, -0.05) is 0 Å². The van der Waals surface area contributed by atoms with Crippen molar-refractivity contribution < 1.29 is 19.4 Å². The molecule has 1 N–H and O–H groups in total. The number of carboxylic acids is 1. The molecule has 6 heteroatoms. The summed E-state index contributed by atoms with van der Waals surface area (Å²) in [6.45, 7) is 0.733. The number of ether oxygens (including phenoxy) is 1. The van der Waals surface area contributed by atoms with Crippen molar-refractivity contribution in [1.29, 1.82) is 0 Å². The summed E-state index contributed by atoms with van der Waals surface area (Å²) in [6.07, 6.45) is 1.46. The number of hydrogen-bond donors (Lipinski definition) is 1. The van der Waals surface area contributed by atoms with Crippen molar-refractivity contribution in [2.24, 2.45) is 0 Å². The first-order valence-corrected chi connectivity index (χ1v) is 7.82. The molecule has 0 bridgehead atoms. The van der Waals surface area contributed by atoms with Crippen LogP contribution in [0.4, 0.5) is 0 Å². The number of amides is 1. The standard InChI is InChI=1S/C14H17NO4S/c16-13(11-3-4-12(19-11)14(17)18)15-6-1-2-10(15)9-5-7-20-8-9/h5,7-8,10-12H,1-4,6H2,(H,17,18)/t10?,11-,12+/m0/s1. The third-order valence-corrected chi connectivity index (χ3v) is 4.74. The van der Waals surface area contributed by atoms with E-state index in [4.69, 9.17) is 9.84 Å². The minimum absolute atomic E-state index is 0.0533. The van der Waals surface area contributed by atoms with Crippen molar-refractivity contribution in [3.63, 3.8) is 0 Å². The number of nitrogens with zero attached hydrogens (tertiary/aromatic N) is 1. The van der Waals surface area contributed by atoms with E-state index in [0.29, 0.717) is 12.8 Å². The van der Waals surface area contributed by atoms with Crippen molar-refractivity contribution in [2.75, 3.05) is 6.54 Å². The van der Waals surface area contributed by atoms with Crippen LogP contribution in [0, 0.1) is 0 Å². The Morgan fingerprint density at radius 3 is 2.75 bits per heavy atom. The number of carbonyl (C=O) groups is 2. The maximum atomic E-state index is 12.5. The highest BCUT2D eigenvalue weighted by atomic mass is 32.1. The second-order valence-corrected chi connectivity index (χ2v) is 6.06. The molecule has 0 saturated carbocycles. The molecule has 0 spiro atoms. The average molecular weight is 295 g/mol. The summed E-state index contributed by atoms with van der Waals surface area (Å²) in [4.78, 5) is 25.3. The number of carboxylic acid groups (broad SMARTS) is 1. The van der Waals surface area contributed by atoms with E-state index in [0.717, 1.165) is 19.4 Å². The summed E-state index contributed by atoms with van der Waals surface area (Å²) in [5.41, 5.74) is 1.17. The van der Waals surface area contributed by atoms with Crippen molar-refractivity contribution in [3.8, 4) is 0 Å². The lowest BCUT2D eigenvalue weighted by Gasteiger charge is -2.26. The Hall–Kier alpha value is -1.40. The van der Waals surface area contributed by atoms with Crippen molar-refractivity contribution in [2.45, 2.75) is 43.9 Å². The molecule has 20 heavy (non-hydrogen) atoms. The van der Waals surface area contributed by atoms with Gasteiger partial charge in [0.25, 0.3) is 5.91 Å². The molecule has 1 amide bonds. The van der Waals surface area contributed by atoms with Gasteiger partial charge in [-0.2, -0.15) is 11.3 Å². The number of likely N-dealkylation sites (tertiary alicyclic amines) is 1. The molecule has 1 aromatic rings. The molecule has 2 aliphatic heterocycles. The second kappa shape index (κ2) is 5.54. The van der Waals surface area contributed by atoms with Gasteiger partial charge in [0, 0.05) is 6.54 Å². The third-order valence-electron chi connectivity index (χ3n) is 4.03. The van der Waals surface area contributed by atoms with Crippen LogP contribution >= 0.6 is 11.3 Å². The van der Waals surface area contributed by atoms with E-state index in [2.05, 4.69) is 11.4 Å². The Balaban J connectivity index is 1.69. The quantitative estimate of drug-likeness (QED) is 0.926. The van der Waals surface area contributed by atoms with E-state index < -0.39 is 18.2 Å². The van der Waals surface area contributed by atoms with Gasteiger partial charge in [0.15, 0.2) is 6.10 Å². The summed E-state index contributed by atoms with van der Waals surface area (Å²) in [5.74, 6) is -1.03. The molecule has 108 valence electrons. The average Bonchev–Trinajstić information content (AvgIpc) is 3.17. The fourth-order valence-corrected chi connectivity index (χ4v) is 3.73. The molecular formula is C14H17NO4S. The lowest BCUT2D eigenvalue weighted by molar-refractivity contribution is -0.155. The van der Waals surface area contributed by atoms with Gasteiger partial charge in [0.2, 0.25) is 0 Å². The van der Waals surface area contributed by atoms with Crippen LogP contribution in [0.2, 0.25) is 0 Å². The predicted molar refractivity (Wildman–Crippen MR) is 73.5 cm³/mol. The van der Waals surface area contributed by atoms with E-state index in [-0.39, 0.29) is 11.9 Å². The van der Waals surface area contributed by atoms with Crippen molar-refractivity contribution in [3.05, 3.63) is 22.4 Å². The Morgan fingerprint density at radius 1 is 1.30 bits per heavy atom. The minimum Gasteiger partial charge on any atom is -0.479 e. The highest BCUT2D eigenvalue weighted by Gasteiger charge is 2.40. The number of rotatable bonds is 3. The Morgan fingerprint density at radius 2 is 2.10 bits per heavy atom. The van der Waals surface area contributed by atoms with Gasteiger partial charge in [0.1, 0.15) is 6.10 Å². The van der Waals surface area contributed by atoms with Crippen LogP contribution in [-0.4, -0.2) is 40.6 Å². The van der Waals surface area contributed by atoms with E-state index in [1.807, 2.05) is 10.3 Å². The van der Waals surface area contributed by atoms with Crippen LogP contribution in [-0.2, 0) is 14.3 Å². The molecule has 0 aromatic carbocycles. The lowest BCUT2D eigenvalue weighted by Crippen LogP contribution is -2.39. The van der Waals surface area contributed by atoms with Crippen molar-refractivity contribution >= 4 is 23.2 Å². The normalized spacial score (nSPS) is 29.8. The summed E-state index contributed by atoms with van der Waals surface area (Å²) < 4.78 is 5.37. The minimum atomic E-state index is -0.976. The van der Waals surface area contributed by atoms with Crippen LogP contribution in [0.25, 0.3) is 0 Å². The zero-order valence-electron chi connectivity index (χ0n) is 11.0. The summed E-state index contributed by atoms with van der Waals surface area (Å²) in [5, 5.41) is 13.0. The Labute approximate surface area is 121 Å². The molecule has 2 fully saturated rings. The topological polar surface area (TPSA) is 66.8 Å². The first-order chi connectivity index (χ1) is 9.66. The molecule has 0 radical (unpaired) electrons. The van der Waals surface area contributed by atoms with Gasteiger partial charge in [0.05, 0.1) is 6.04 Å². The van der Waals surface area contributed by atoms with E-state index in [9.17, 15) is 9.59 Å². The fraction of sp³-hybridized carbons (Fsp3) is 0.571. The number of carbonyl (C=O) groups excluding carboxylic acids is 1. The van der Waals surface area contributed by atoms with Gasteiger partial charge in [-0.05, 0) is 48.1 Å². The molecule has 1 aromatic heterocycles. The smallest absolute Gasteiger partial charge is 0.332 e. The van der Waals surface area contributed by atoms with Gasteiger partial charge in [-0.25, -0.2) is 4.79 Å². The highest BCUT2D eigenvalue weighted by Crippen LogP contribution is 2.35. The van der Waals surface area contributed by atoms with Crippen LogP contribution in [0.1, 0.15) is 37.3 Å². The first kappa shape index (κ1) is 13.6. The summed E-state index contributed by atoms with van der Waals surface area (Å²) in [7, 11) is 0. The van der Waals surface area contributed by atoms with Crippen LogP contribution in [0.15, 0.2) is 16.8 Å². The summed E-state index contributed by atoms with van der Waals surface area (Å²) in [6, 6.07) is 2.18. The highest BCUT2D eigenvalue weighted by molar-refractivity contribution is 7.07.